The van der Waals surface area contributed by atoms with Gasteiger partial charge in [0.2, 0.25) is 0 Å². The van der Waals surface area contributed by atoms with Crippen LogP contribution in [0.2, 0.25) is 10.0 Å². The molecule has 0 bridgehead atoms. The molecule has 0 saturated carbocycles. The quantitative estimate of drug-likeness (QED) is 0.599. The molecule has 2 aromatic carbocycles. The Morgan fingerprint density at radius 3 is 1.53 bits per heavy atom. The van der Waals surface area contributed by atoms with Crippen LogP contribution in [0.4, 0.5) is 0 Å². The highest BCUT2D eigenvalue weighted by molar-refractivity contribution is 6.31. The van der Waals surface area contributed by atoms with Crippen molar-refractivity contribution in [3.05, 3.63) is 57.6 Å². The fraction of sp³-hybridized carbons (Fsp3) is 0.143. The van der Waals surface area contributed by atoms with Crippen LogP contribution in [0.15, 0.2) is 36.4 Å². The summed E-state index contributed by atoms with van der Waals surface area (Å²) in [5, 5.41) is 1.24. The molecular formula is C14H10Cl4O. The number of ether oxygens (including phenoxy) is 1. The van der Waals surface area contributed by atoms with E-state index in [1.807, 2.05) is 0 Å². The maximum atomic E-state index is 5.93. The molecule has 100 valence electrons. The number of halogens is 4. The van der Waals surface area contributed by atoms with Crippen LogP contribution in [0.5, 0.6) is 11.5 Å². The zero-order valence-corrected chi connectivity index (χ0v) is 12.8. The standard InChI is InChI=1S/C14H10Cl4O/c15-7-9-5-11(17)1-3-13(9)19-14-4-2-12(18)6-10(14)8-16/h1-6H,7-8H2. The summed E-state index contributed by atoms with van der Waals surface area (Å²) in [5.74, 6) is 1.96. The summed E-state index contributed by atoms with van der Waals surface area (Å²) in [7, 11) is 0. The zero-order chi connectivity index (χ0) is 13.8. The van der Waals surface area contributed by atoms with Gasteiger partial charge in [0.1, 0.15) is 11.5 Å². The third-order valence-corrected chi connectivity index (χ3v) is 3.60. The lowest BCUT2D eigenvalue weighted by Gasteiger charge is -2.13. The lowest BCUT2D eigenvalue weighted by atomic mass is 10.2. The normalized spacial score (nSPS) is 10.5. The second-order valence-corrected chi connectivity index (χ2v) is 5.28. The lowest BCUT2D eigenvalue weighted by molar-refractivity contribution is 0.474. The van der Waals surface area contributed by atoms with Crippen molar-refractivity contribution in [1.29, 1.82) is 0 Å². The Bertz CT molecular complexity index is 532. The first-order valence-electron chi connectivity index (χ1n) is 5.50. The van der Waals surface area contributed by atoms with E-state index in [4.69, 9.17) is 51.1 Å². The number of rotatable bonds is 4. The van der Waals surface area contributed by atoms with E-state index in [0.717, 1.165) is 11.1 Å². The smallest absolute Gasteiger partial charge is 0.131 e. The molecule has 0 unspecified atom stereocenters. The Balaban J connectivity index is 2.36. The average Bonchev–Trinajstić information content (AvgIpc) is 2.42. The predicted octanol–water partition coefficient (Wildman–Crippen LogP) is 6.26. The molecule has 0 saturated heterocycles. The van der Waals surface area contributed by atoms with Gasteiger partial charge in [-0.2, -0.15) is 0 Å². The van der Waals surface area contributed by atoms with Crippen molar-refractivity contribution in [1.82, 2.24) is 0 Å². The van der Waals surface area contributed by atoms with Crippen molar-refractivity contribution in [2.24, 2.45) is 0 Å². The molecule has 1 nitrogen and oxygen atoms in total. The second-order valence-electron chi connectivity index (χ2n) is 3.87. The van der Waals surface area contributed by atoms with Crippen LogP contribution in [0, 0.1) is 0 Å². The molecular weight excluding hydrogens is 326 g/mol. The minimum Gasteiger partial charge on any atom is -0.457 e. The summed E-state index contributed by atoms with van der Waals surface area (Å²) in [6.45, 7) is 0. The topological polar surface area (TPSA) is 9.23 Å². The van der Waals surface area contributed by atoms with Gasteiger partial charge in [-0.05, 0) is 36.4 Å². The predicted molar refractivity (Wildman–Crippen MR) is 82.1 cm³/mol. The van der Waals surface area contributed by atoms with Gasteiger partial charge in [-0.15, -0.1) is 23.2 Å². The first-order valence-corrected chi connectivity index (χ1v) is 7.33. The summed E-state index contributed by atoms with van der Waals surface area (Å²) in [6.07, 6.45) is 0. The summed E-state index contributed by atoms with van der Waals surface area (Å²) in [4.78, 5) is 0. The number of hydrogen-bond acceptors (Lipinski definition) is 1. The monoisotopic (exact) mass is 334 g/mol. The SMILES string of the molecule is ClCc1cc(Cl)ccc1Oc1ccc(Cl)cc1CCl. The Labute approximate surface area is 132 Å². The van der Waals surface area contributed by atoms with Crippen LogP contribution in [0.1, 0.15) is 11.1 Å². The molecule has 0 fully saturated rings. The van der Waals surface area contributed by atoms with Crippen LogP contribution >= 0.6 is 46.4 Å². The molecule has 0 atom stereocenters. The first-order chi connectivity index (χ1) is 9.13. The van der Waals surface area contributed by atoms with E-state index in [9.17, 15) is 0 Å². The van der Waals surface area contributed by atoms with Crippen molar-refractivity contribution < 1.29 is 4.74 Å². The second kappa shape index (κ2) is 6.71. The van der Waals surface area contributed by atoms with Gasteiger partial charge in [-0.1, -0.05) is 23.2 Å². The number of benzene rings is 2. The Morgan fingerprint density at radius 1 is 0.737 bits per heavy atom. The fourth-order valence-electron chi connectivity index (χ4n) is 1.62. The zero-order valence-electron chi connectivity index (χ0n) is 9.80. The molecule has 0 heterocycles. The molecule has 0 amide bonds. The van der Waals surface area contributed by atoms with Crippen LogP contribution in [0.3, 0.4) is 0 Å². The Kier molecular flexibility index (Phi) is 5.23. The van der Waals surface area contributed by atoms with E-state index < -0.39 is 0 Å². The van der Waals surface area contributed by atoms with Crippen LogP contribution in [-0.2, 0) is 11.8 Å². The molecule has 0 aliphatic carbocycles. The van der Waals surface area contributed by atoms with E-state index >= 15 is 0 Å². The molecule has 0 aromatic heterocycles. The van der Waals surface area contributed by atoms with Crippen molar-refractivity contribution in [3.63, 3.8) is 0 Å². The van der Waals surface area contributed by atoms with Gasteiger partial charge in [0.15, 0.2) is 0 Å². The molecule has 2 aromatic rings. The molecule has 2 rings (SSSR count). The molecule has 0 aliphatic rings. The average molecular weight is 336 g/mol. The summed E-state index contributed by atoms with van der Waals surface area (Å²) < 4.78 is 5.85. The van der Waals surface area contributed by atoms with Gasteiger partial charge in [0, 0.05) is 21.2 Å². The van der Waals surface area contributed by atoms with Crippen LogP contribution in [0.25, 0.3) is 0 Å². The van der Waals surface area contributed by atoms with Gasteiger partial charge in [-0.25, -0.2) is 0 Å². The maximum Gasteiger partial charge on any atom is 0.131 e. The van der Waals surface area contributed by atoms with Gasteiger partial charge >= 0.3 is 0 Å². The fourth-order valence-corrected chi connectivity index (χ4v) is 2.43. The first kappa shape index (κ1) is 14.8. The minimum absolute atomic E-state index is 0.319. The maximum absolute atomic E-state index is 5.93. The highest BCUT2D eigenvalue weighted by Gasteiger charge is 2.09. The van der Waals surface area contributed by atoms with Crippen molar-refractivity contribution in [3.8, 4) is 11.5 Å². The van der Waals surface area contributed by atoms with E-state index in [1.165, 1.54) is 0 Å². The number of alkyl halides is 2. The highest BCUT2D eigenvalue weighted by atomic mass is 35.5. The molecule has 0 N–H and O–H groups in total. The largest absolute Gasteiger partial charge is 0.457 e. The van der Waals surface area contributed by atoms with Gasteiger partial charge < -0.3 is 4.74 Å². The van der Waals surface area contributed by atoms with Crippen molar-refractivity contribution in [2.45, 2.75) is 11.8 Å². The molecule has 0 aliphatic heterocycles. The summed E-state index contributed by atoms with van der Waals surface area (Å²) in [6, 6.07) is 10.6. The third-order valence-electron chi connectivity index (χ3n) is 2.55. The van der Waals surface area contributed by atoms with E-state index in [2.05, 4.69) is 0 Å². The van der Waals surface area contributed by atoms with Crippen LogP contribution < -0.4 is 4.74 Å². The van der Waals surface area contributed by atoms with Crippen LogP contribution in [-0.4, -0.2) is 0 Å². The minimum atomic E-state index is 0.319. The highest BCUT2D eigenvalue weighted by Crippen LogP contribution is 2.32. The van der Waals surface area contributed by atoms with Gasteiger partial charge in [0.05, 0.1) is 11.8 Å². The molecule has 19 heavy (non-hydrogen) atoms. The third kappa shape index (κ3) is 3.70. The number of hydrogen-bond donors (Lipinski definition) is 0. The van der Waals surface area contributed by atoms with E-state index in [0.29, 0.717) is 33.3 Å². The van der Waals surface area contributed by atoms with Gasteiger partial charge in [-0.3, -0.25) is 0 Å². The van der Waals surface area contributed by atoms with Crippen molar-refractivity contribution in [2.75, 3.05) is 0 Å². The molecule has 0 radical (unpaired) electrons. The molecule has 5 heteroatoms. The van der Waals surface area contributed by atoms with Gasteiger partial charge in [0.25, 0.3) is 0 Å². The summed E-state index contributed by atoms with van der Waals surface area (Å²) >= 11 is 23.6. The summed E-state index contributed by atoms with van der Waals surface area (Å²) in [5.41, 5.74) is 1.65. The Hall–Kier alpha value is -0.600. The van der Waals surface area contributed by atoms with Crippen molar-refractivity contribution >= 4 is 46.4 Å². The van der Waals surface area contributed by atoms with E-state index in [1.54, 1.807) is 36.4 Å². The Morgan fingerprint density at radius 2 is 1.16 bits per heavy atom. The van der Waals surface area contributed by atoms with E-state index in [-0.39, 0.29) is 0 Å². The molecule has 0 spiro atoms. The lowest BCUT2D eigenvalue weighted by Crippen LogP contribution is -1.93.